The number of aliphatic hydroxyl groups excluding tert-OH is 1. The Bertz CT molecular complexity index is 617. The molecule has 2 atom stereocenters. The summed E-state index contributed by atoms with van der Waals surface area (Å²) in [6.07, 6.45) is 4.43. The van der Waals surface area contributed by atoms with Gasteiger partial charge in [0.15, 0.2) is 0 Å². The highest BCUT2D eigenvalue weighted by Crippen LogP contribution is 2.33. The minimum Gasteiger partial charge on any atom is -0.497 e. The van der Waals surface area contributed by atoms with Crippen LogP contribution in [0.2, 0.25) is 0 Å². The van der Waals surface area contributed by atoms with Crippen LogP contribution in [-0.4, -0.2) is 33.8 Å². The van der Waals surface area contributed by atoms with E-state index >= 15 is 0 Å². The number of aromatic nitrogens is 2. The monoisotopic (exact) mass is 320 g/mol. The molecular formula is C16H20N2O3S. The van der Waals surface area contributed by atoms with Gasteiger partial charge in [0.1, 0.15) is 5.75 Å². The molecule has 1 heterocycles. The molecule has 1 N–H and O–H groups in total. The second-order valence-corrected chi connectivity index (χ2v) is 6.69. The summed E-state index contributed by atoms with van der Waals surface area (Å²) in [5, 5.41) is 18.9. The molecule has 118 valence electrons. The Labute approximate surface area is 134 Å². The van der Waals surface area contributed by atoms with Crippen molar-refractivity contribution in [2.75, 3.05) is 7.11 Å². The average Bonchev–Trinajstić information content (AvgIpc) is 2.97. The molecule has 0 spiro atoms. The first-order valence-electron chi connectivity index (χ1n) is 7.54. The zero-order chi connectivity index (χ0) is 15.4. The summed E-state index contributed by atoms with van der Waals surface area (Å²) in [6.45, 7) is 0. The number of hydrogen-bond acceptors (Lipinski definition) is 6. The van der Waals surface area contributed by atoms with Gasteiger partial charge in [0.2, 0.25) is 5.89 Å². The van der Waals surface area contributed by atoms with E-state index in [1.54, 1.807) is 7.11 Å². The third-order valence-electron chi connectivity index (χ3n) is 3.86. The number of ether oxygens (including phenoxy) is 1. The van der Waals surface area contributed by atoms with Gasteiger partial charge in [-0.05, 0) is 30.5 Å². The van der Waals surface area contributed by atoms with Gasteiger partial charge in [-0.25, -0.2) is 0 Å². The van der Waals surface area contributed by atoms with Crippen LogP contribution in [0.25, 0.3) is 0 Å². The molecule has 1 aliphatic rings. The van der Waals surface area contributed by atoms with E-state index in [1.807, 2.05) is 24.3 Å². The van der Waals surface area contributed by atoms with Gasteiger partial charge in [0, 0.05) is 5.25 Å². The van der Waals surface area contributed by atoms with Crippen LogP contribution < -0.4 is 4.74 Å². The molecule has 6 heteroatoms. The Morgan fingerprint density at radius 3 is 3.00 bits per heavy atom. The molecule has 0 radical (unpaired) electrons. The van der Waals surface area contributed by atoms with Crippen molar-refractivity contribution in [1.82, 2.24) is 10.2 Å². The molecule has 2 aromatic rings. The summed E-state index contributed by atoms with van der Waals surface area (Å²) in [5.74, 6) is 1.40. The smallest absolute Gasteiger partial charge is 0.276 e. The number of aliphatic hydroxyl groups is 1. The van der Waals surface area contributed by atoms with Crippen LogP contribution in [0, 0.1) is 0 Å². The lowest BCUT2D eigenvalue weighted by molar-refractivity contribution is 0.136. The van der Waals surface area contributed by atoms with E-state index in [0.717, 1.165) is 37.0 Å². The fourth-order valence-corrected chi connectivity index (χ4v) is 3.73. The highest BCUT2D eigenvalue weighted by molar-refractivity contribution is 7.99. The zero-order valence-corrected chi connectivity index (χ0v) is 13.4. The third-order valence-corrected chi connectivity index (χ3v) is 5.08. The second-order valence-electron chi connectivity index (χ2n) is 5.50. The number of rotatable bonds is 5. The van der Waals surface area contributed by atoms with Crippen molar-refractivity contribution in [3.8, 4) is 5.75 Å². The van der Waals surface area contributed by atoms with E-state index in [0.29, 0.717) is 17.5 Å². The first kappa shape index (κ1) is 15.4. The van der Waals surface area contributed by atoms with Crippen molar-refractivity contribution < 1.29 is 14.3 Å². The summed E-state index contributed by atoms with van der Waals surface area (Å²) in [4.78, 5) is 0. The Balaban J connectivity index is 1.63. The predicted octanol–water partition coefficient (Wildman–Crippen LogP) is 3.06. The van der Waals surface area contributed by atoms with E-state index in [2.05, 4.69) is 10.2 Å². The zero-order valence-electron chi connectivity index (χ0n) is 12.6. The quantitative estimate of drug-likeness (QED) is 0.913. The molecular weight excluding hydrogens is 300 g/mol. The van der Waals surface area contributed by atoms with Crippen molar-refractivity contribution in [3.05, 3.63) is 35.7 Å². The Hall–Kier alpha value is -1.53. The lowest BCUT2D eigenvalue weighted by atomic mass is 9.97. The van der Waals surface area contributed by atoms with Crippen molar-refractivity contribution in [2.24, 2.45) is 0 Å². The SMILES string of the molecule is COc1cccc(Cc2nnc(SC3CCCCC3O)o2)c1. The lowest BCUT2D eigenvalue weighted by Crippen LogP contribution is -2.26. The minimum atomic E-state index is -0.271. The molecule has 3 rings (SSSR count). The van der Waals surface area contributed by atoms with Gasteiger partial charge in [-0.15, -0.1) is 10.2 Å². The van der Waals surface area contributed by atoms with Crippen molar-refractivity contribution in [1.29, 1.82) is 0 Å². The van der Waals surface area contributed by atoms with Crippen LogP contribution in [0.3, 0.4) is 0 Å². The highest BCUT2D eigenvalue weighted by Gasteiger charge is 2.26. The van der Waals surface area contributed by atoms with Gasteiger partial charge in [-0.3, -0.25) is 0 Å². The van der Waals surface area contributed by atoms with Crippen molar-refractivity contribution in [3.63, 3.8) is 0 Å². The van der Waals surface area contributed by atoms with Crippen LogP contribution in [-0.2, 0) is 6.42 Å². The number of benzene rings is 1. The second kappa shape index (κ2) is 7.15. The Kier molecular flexibility index (Phi) is 5.00. The fourth-order valence-electron chi connectivity index (χ4n) is 2.66. The average molecular weight is 320 g/mol. The molecule has 0 bridgehead atoms. The minimum absolute atomic E-state index is 0.166. The molecule has 1 aromatic heterocycles. The van der Waals surface area contributed by atoms with Crippen LogP contribution >= 0.6 is 11.8 Å². The summed E-state index contributed by atoms with van der Waals surface area (Å²) in [5.41, 5.74) is 1.07. The third kappa shape index (κ3) is 3.81. The Morgan fingerprint density at radius 1 is 1.32 bits per heavy atom. The van der Waals surface area contributed by atoms with E-state index in [4.69, 9.17) is 9.15 Å². The largest absolute Gasteiger partial charge is 0.497 e. The molecule has 0 saturated heterocycles. The number of thioether (sulfide) groups is 1. The summed E-state index contributed by atoms with van der Waals surface area (Å²) in [7, 11) is 1.65. The van der Waals surface area contributed by atoms with E-state index in [1.165, 1.54) is 11.8 Å². The van der Waals surface area contributed by atoms with Gasteiger partial charge < -0.3 is 14.3 Å². The van der Waals surface area contributed by atoms with Crippen LogP contribution in [0.15, 0.2) is 33.9 Å². The van der Waals surface area contributed by atoms with E-state index in [9.17, 15) is 5.11 Å². The van der Waals surface area contributed by atoms with Crippen LogP contribution in [0.1, 0.15) is 37.1 Å². The van der Waals surface area contributed by atoms with E-state index in [-0.39, 0.29) is 11.4 Å². The molecule has 0 aliphatic heterocycles. The van der Waals surface area contributed by atoms with Crippen LogP contribution in [0.5, 0.6) is 5.75 Å². The van der Waals surface area contributed by atoms with Gasteiger partial charge in [-0.2, -0.15) is 0 Å². The van der Waals surface area contributed by atoms with Crippen molar-refractivity contribution >= 4 is 11.8 Å². The Morgan fingerprint density at radius 2 is 2.18 bits per heavy atom. The molecule has 22 heavy (non-hydrogen) atoms. The summed E-state index contributed by atoms with van der Waals surface area (Å²) >= 11 is 1.50. The molecule has 0 amide bonds. The van der Waals surface area contributed by atoms with Gasteiger partial charge in [-0.1, -0.05) is 36.7 Å². The first-order chi connectivity index (χ1) is 10.7. The molecule has 1 aromatic carbocycles. The lowest BCUT2D eigenvalue weighted by Gasteiger charge is -2.25. The maximum Gasteiger partial charge on any atom is 0.276 e. The van der Waals surface area contributed by atoms with Crippen molar-refractivity contribution in [2.45, 2.75) is 48.7 Å². The van der Waals surface area contributed by atoms with Gasteiger partial charge >= 0.3 is 0 Å². The maximum atomic E-state index is 10.0. The van der Waals surface area contributed by atoms with Gasteiger partial charge in [0.05, 0.1) is 19.6 Å². The molecule has 1 saturated carbocycles. The highest BCUT2D eigenvalue weighted by atomic mass is 32.2. The fraction of sp³-hybridized carbons (Fsp3) is 0.500. The van der Waals surface area contributed by atoms with E-state index < -0.39 is 0 Å². The number of hydrogen-bond donors (Lipinski definition) is 1. The normalized spacial score (nSPS) is 21.7. The maximum absolute atomic E-state index is 10.0. The predicted molar refractivity (Wildman–Crippen MR) is 84.2 cm³/mol. The first-order valence-corrected chi connectivity index (χ1v) is 8.42. The molecule has 1 fully saturated rings. The van der Waals surface area contributed by atoms with Gasteiger partial charge in [0.25, 0.3) is 5.22 Å². The summed E-state index contributed by atoms with van der Waals surface area (Å²) in [6, 6.07) is 7.81. The standard InChI is InChI=1S/C16H20N2O3S/c1-20-12-6-4-5-11(9-12)10-15-17-18-16(21-15)22-14-8-3-2-7-13(14)19/h4-6,9,13-14,19H,2-3,7-8,10H2,1H3. The van der Waals surface area contributed by atoms with Crippen LogP contribution in [0.4, 0.5) is 0 Å². The molecule has 2 unspecified atom stereocenters. The molecule has 5 nitrogen and oxygen atoms in total. The molecule has 1 aliphatic carbocycles. The number of nitrogens with zero attached hydrogens (tertiary/aromatic N) is 2. The number of methoxy groups -OCH3 is 1. The topological polar surface area (TPSA) is 68.4 Å². The summed E-state index contributed by atoms with van der Waals surface area (Å²) < 4.78 is 10.9.